The Hall–Kier alpha value is -1.50. The fourth-order valence-electron chi connectivity index (χ4n) is 2.90. The molecule has 5 nitrogen and oxygen atoms in total. The summed E-state index contributed by atoms with van der Waals surface area (Å²) < 4.78 is 10.9. The van der Waals surface area contributed by atoms with Crippen LogP contribution in [0.4, 0.5) is 0 Å². The predicted molar refractivity (Wildman–Crippen MR) is 99.1 cm³/mol. The Morgan fingerprint density at radius 3 is 2.64 bits per heavy atom. The minimum absolute atomic E-state index is 0.186. The number of carbonyl (C=O) groups is 2. The van der Waals surface area contributed by atoms with Crippen molar-refractivity contribution in [3.8, 4) is 5.75 Å². The number of thiophene rings is 1. The number of benzene rings is 1. The Kier molecular flexibility index (Phi) is 5.71. The minimum atomic E-state index is -0.636. The molecule has 25 heavy (non-hydrogen) atoms. The fourth-order valence-corrected chi connectivity index (χ4v) is 4.69. The molecule has 1 amide bonds. The topological polar surface area (TPSA) is 64.6 Å². The minimum Gasteiger partial charge on any atom is -0.495 e. The standard InChI is InChI=1S/C17H17Cl2NO4S/c1-23-11-7-6-10-13(18)16(25-15(10)14(11)19)17(22)24-8-12(21)20-9-4-2-3-5-9/h6-7,9H,2-5,8H2,1H3,(H,20,21). The summed E-state index contributed by atoms with van der Waals surface area (Å²) >= 11 is 13.7. The van der Waals surface area contributed by atoms with Gasteiger partial charge in [-0.15, -0.1) is 11.3 Å². The molecule has 2 aromatic rings. The fraction of sp³-hybridized carbons (Fsp3) is 0.412. The lowest BCUT2D eigenvalue weighted by atomic mass is 10.2. The molecule has 3 rings (SSSR count). The van der Waals surface area contributed by atoms with Gasteiger partial charge in [-0.2, -0.15) is 0 Å². The van der Waals surface area contributed by atoms with Crippen molar-refractivity contribution in [2.75, 3.05) is 13.7 Å². The van der Waals surface area contributed by atoms with Crippen molar-refractivity contribution >= 4 is 56.5 Å². The van der Waals surface area contributed by atoms with E-state index in [1.807, 2.05) is 0 Å². The summed E-state index contributed by atoms with van der Waals surface area (Å²) in [5.74, 6) is -0.428. The first-order chi connectivity index (χ1) is 12.0. The molecule has 0 aliphatic heterocycles. The van der Waals surface area contributed by atoms with E-state index in [1.165, 1.54) is 7.11 Å². The van der Waals surface area contributed by atoms with Crippen molar-refractivity contribution in [3.05, 3.63) is 27.1 Å². The molecule has 8 heteroatoms. The Balaban J connectivity index is 1.70. The summed E-state index contributed by atoms with van der Waals surface area (Å²) in [6.45, 7) is -0.322. The molecule has 134 valence electrons. The quantitative estimate of drug-likeness (QED) is 0.752. The monoisotopic (exact) mass is 401 g/mol. The second-order valence-corrected chi connectivity index (χ2v) is 7.61. The third-order valence-electron chi connectivity index (χ3n) is 4.16. The van der Waals surface area contributed by atoms with Crippen molar-refractivity contribution in [2.24, 2.45) is 0 Å². The number of methoxy groups -OCH3 is 1. The van der Waals surface area contributed by atoms with Crippen molar-refractivity contribution in [1.29, 1.82) is 0 Å². The maximum Gasteiger partial charge on any atom is 0.350 e. The van der Waals surface area contributed by atoms with Gasteiger partial charge in [0.25, 0.3) is 5.91 Å². The average molecular weight is 402 g/mol. The van der Waals surface area contributed by atoms with Gasteiger partial charge in [0, 0.05) is 11.4 Å². The number of hydrogen-bond acceptors (Lipinski definition) is 5. The third-order valence-corrected chi connectivity index (χ3v) is 6.36. The highest BCUT2D eigenvalue weighted by Gasteiger charge is 2.23. The Labute approximate surface area is 159 Å². The maximum absolute atomic E-state index is 12.3. The average Bonchev–Trinajstić information content (AvgIpc) is 3.22. The number of ether oxygens (including phenoxy) is 2. The van der Waals surface area contributed by atoms with Crippen LogP contribution >= 0.6 is 34.5 Å². The first kappa shape index (κ1) is 18.3. The molecule has 1 saturated carbocycles. The van der Waals surface area contributed by atoms with Gasteiger partial charge in [-0.05, 0) is 25.0 Å². The van der Waals surface area contributed by atoms with E-state index >= 15 is 0 Å². The van der Waals surface area contributed by atoms with Crippen LogP contribution in [0.15, 0.2) is 12.1 Å². The van der Waals surface area contributed by atoms with Crippen LogP contribution in [-0.2, 0) is 9.53 Å². The van der Waals surface area contributed by atoms with E-state index < -0.39 is 5.97 Å². The van der Waals surface area contributed by atoms with Crippen molar-refractivity contribution in [3.63, 3.8) is 0 Å². The summed E-state index contributed by atoms with van der Waals surface area (Å²) in [5, 5.41) is 4.18. The lowest BCUT2D eigenvalue weighted by Crippen LogP contribution is -2.35. The zero-order valence-corrected chi connectivity index (χ0v) is 15.9. The third kappa shape index (κ3) is 3.86. The number of carbonyl (C=O) groups excluding carboxylic acids is 2. The molecule has 0 unspecified atom stereocenters. The van der Waals surface area contributed by atoms with Crippen LogP contribution in [0.5, 0.6) is 5.75 Å². The van der Waals surface area contributed by atoms with Gasteiger partial charge in [-0.3, -0.25) is 4.79 Å². The lowest BCUT2D eigenvalue weighted by molar-refractivity contribution is -0.124. The number of hydrogen-bond donors (Lipinski definition) is 1. The summed E-state index contributed by atoms with van der Waals surface area (Å²) in [5.41, 5.74) is 0. The van der Waals surface area contributed by atoms with E-state index in [0.717, 1.165) is 37.0 Å². The maximum atomic E-state index is 12.3. The van der Waals surface area contributed by atoms with Crippen LogP contribution in [0.1, 0.15) is 35.4 Å². The predicted octanol–water partition coefficient (Wildman–Crippen LogP) is 4.43. The van der Waals surface area contributed by atoms with Gasteiger partial charge in [0.05, 0.1) is 16.8 Å². The zero-order chi connectivity index (χ0) is 18.0. The normalized spacial score (nSPS) is 14.7. The highest BCUT2D eigenvalue weighted by atomic mass is 35.5. The Bertz CT molecular complexity index is 815. The van der Waals surface area contributed by atoms with Gasteiger partial charge in [-0.25, -0.2) is 4.79 Å². The number of esters is 1. The molecule has 0 bridgehead atoms. The highest BCUT2D eigenvalue weighted by molar-refractivity contribution is 7.22. The first-order valence-electron chi connectivity index (χ1n) is 7.92. The van der Waals surface area contributed by atoms with E-state index in [4.69, 9.17) is 32.7 Å². The van der Waals surface area contributed by atoms with Gasteiger partial charge in [0.2, 0.25) is 0 Å². The molecular formula is C17H17Cl2NO4S. The van der Waals surface area contributed by atoms with Crippen LogP contribution in [0.3, 0.4) is 0 Å². The second-order valence-electron chi connectivity index (χ2n) is 5.83. The van der Waals surface area contributed by atoms with E-state index in [-0.39, 0.29) is 28.5 Å². The van der Waals surface area contributed by atoms with Gasteiger partial charge >= 0.3 is 5.97 Å². The molecule has 1 heterocycles. The molecule has 0 spiro atoms. The number of fused-ring (bicyclic) bond motifs is 1. The van der Waals surface area contributed by atoms with Crippen LogP contribution < -0.4 is 10.1 Å². The van der Waals surface area contributed by atoms with Gasteiger partial charge < -0.3 is 14.8 Å². The lowest BCUT2D eigenvalue weighted by Gasteiger charge is -2.11. The SMILES string of the molecule is COc1ccc2c(Cl)c(C(=O)OCC(=O)NC3CCCC3)sc2c1Cl. The number of nitrogens with one attached hydrogen (secondary N) is 1. The van der Waals surface area contributed by atoms with E-state index in [9.17, 15) is 9.59 Å². The van der Waals surface area contributed by atoms with Gasteiger partial charge in [0.1, 0.15) is 15.6 Å². The van der Waals surface area contributed by atoms with Crippen molar-refractivity contribution < 1.29 is 19.1 Å². The van der Waals surface area contributed by atoms with E-state index in [2.05, 4.69) is 5.32 Å². The number of amides is 1. The molecule has 1 aromatic heterocycles. The summed E-state index contributed by atoms with van der Waals surface area (Å²) in [6, 6.07) is 3.61. The van der Waals surface area contributed by atoms with Gasteiger partial charge in [0.15, 0.2) is 6.61 Å². The molecule has 0 saturated heterocycles. The second kappa shape index (κ2) is 7.81. The van der Waals surface area contributed by atoms with Crippen LogP contribution in [0.2, 0.25) is 10.0 Å². The van der Waals surface area contributed by atoms with Crippen LogP contribution in [0.25, 0.3) is 10.1 Å². The molecule has 1 aromatic carbocycles. The first-order valence-corrected chi connectivity index (χ1v) is 9.49. The van der Waals surface area contributed by atoms with Crippen molar-refractivity contribution in [2.45, 2.75) is 31.7 Å². The smallest absolute Gasteiger partial charge is 0.350 e. The molecule has 1 N–H and O–H groups in total. The van der Waals surface area contributed by atoms with Gasteiger partial charge in [-0.1, -0.05) is 36.0 Å². The summed E-state index contributed by atoms with van der Waals surface area (Å²) in [6.07, 6.45) is 4.18. The Morgan fingerprint density at radius 1 is 1.24 bits per heavy atom. The van der Waals surface area contributed by atoms with E-state index in [0.29, 0.717) is 20.9 Å². The molecular weight excluding hydrogens is 385 g/mol. The number of halogens is 2. The highest BCUT2D eigenvalue weighted by Crippen LogP contribution is 2.43. The van der Waals surface area contributed by atoms with Crippen LogP contribution in [0, 0.1) is 0 Å². The van der Waals surface area contributed by atoms with Crippen LogP contribution in [-0.4, -0.2) is 31.6 Å². The molecule has 0 atom stereocenters. The molecule has 0 radical (unpaired) electrons. The molecule has 1 fully saturated rings. The summed E-state index contributed by atoms with van der Waals surface area (Å²) in [4.78, 5) is 24.4. The molecule has 1 aliphatic rings. The molecule has 1 aliphatic carbocycles. The summed E-state index contributed by atoms with van der Waals surface area (Å²) in [7, 11) is 1.51. The largest absolute Gasteiger partial charge is 0.495 e. The number of rotatable bonds is 5. The van der Waals surface area contributed by atoms with E-state index in [1.54, 1.807) is 12.1 Å². The zero-order valence-electron chi connectivity index (χ0n) is 13.6. The Morgan fingerprint density at radius 2 is 1.96 bits per heavy atom. The van der Waals surface area contributed by atoms with Crippen molar-refractivity contribution in [1.82, 2.24) is 5.32 Å².